The Labute approximate surface area is 126 Å². The quantitative estimate of drug-likeness (QED) is 0.577. The van der Waals surface area contributed by atoms with Crippen molar-refractivity contribution in [3.63, 3.8) is 0 Å². The molecule has 1 heterocycles. The molecule has 1 saturated carbocycles. The molecule has 0 bridgehead atoms. The van der Waals surface area contributed by atoms with E-state index >= 15 is 0 Å². The van der Waals surface area contributed by atoms with E-state index in [1.165, 1.54) is 0 Å². The van der Waals surface area contributed by atoms with Crippen LogP contribution in [0, 0.1) is 41.4 Å². The minimum absolute atomic E-state index is 0.0333. The van der Waals surface area contributed by atoms with Gasteiger partial charge in [0.25, 0.3) is 0 Å². The van der Waals surface area contributed by atoms with Gasteiger partial charge in [-0.3, -0.25) is 9.59 Å². The highest BCUT2D eigenvalue weighted by Gasteiger charge is 2.58. The summed E-state index contributed by atoms with van der Waals surface area (Å²) >= 11 is 1.81. The SMILES string of the molecule is CSCC(C)C(C)C1C(=O)OC(=O)C2CC(C(C)C)C21. The fraction of sp³-hybridized carbons (Fsp3) is 0.875. The highest BCUT2D eigenvalue weighted by Crippen LogP contribution is 2.54. The number of ether oxygens (including phenoxy) is 1. The van der Waals surface area contributed by atoms with E-state index in [1.54, 1.807) is 0 Å². The molecule has 0 spiro atoms. The smallest absolute Gasteiger partial charge is 0.317 e. The largest absolute Gasteiger partial charge is 0.393 e. The van der Waals surface area contributed by atoms with Gasteiger partial charge in [0.2, 0.25) is 0 Å². The Hall–Kier alpha value is -0.510. The summed E-state index contributed by atoms with van der Waals surface area (Å²) in [5.41, 5.74) is 0. The van der Waals surface area contributed by atoms with Crippen LogP contribution in [0.5, 0.6) is 0 Å². The summed E-state index contributed by atoms with van der Waals surface area (Å²) in [6.45, 7) is 8.73. The van der Waals surface area contributed by atoms with E-state index in [0.29, 0.717) is 17.8 Å². The number of cyclic esters (lactones) is 2. The summed E-state index contributed by atoms with van der Waals surface area (Å²) in [5, 5.41) is 0. The second kappa shape index (κ2) is 6.08. The molecule has 6 atom stereocenters. The fourth-order valence-corrected chi connectivity index (χ4v) is 4.76. The van der Waals surface area contributed by atoms with Crippen molar-refractivity contribution in [2.24, 2.45) is 41.4 Å². The molecular weight excluding hydrogens is 272 g/mol. The Balaban J connectivity index is 2.19. The van der Waals surface area contributed by atoms with Gasteiger partial charge < -0.3 is 4.74 Å². The number of rotatable bonds is 5. The molecule has 6 unspecified atom stereocenters. The molecule has 0 aromatic carbocycles. The fourth-order valence-electron chi connectivity index (χ4n) is 3.93. The second-order valence-electron chi connectivity index (χ2n) is 6.89. The van der Waals surface area contributed by atoms with Crippen molar-refractivity contribution in [1.29, 1.82) is 0 Å². The van der Waals surface area contributed by atoms with E-state index in [1.807, 2.05) is 11.8 Å². The Kier molecular flexibility index (Phi) is 4.83. The van der Waals surface area contributed by atoms with Gasteiger partial charge in [-0.1, -0.05) is 27.7 Å². The van der Waals surface area contributed by atoms with Crippen molar-refractivity contribution in [2.75, 3.05) is 12.0 Å². The van der Waals surface area contributed by atoms with Gasteiger partial charge in [0.1, 0.15) is 0 Å². The average Bonchev–Trinajstić information content (AvgIpc) is 2.31. The Bertz CT molecular complexity index is 393. The average molecular weight is 298 g/mol. The monoisotopic (exact) mass is 298 g/mol. The third-order valence-corrected chi connectivity index (χ3v) is 6.28. The molecule has 114 valence electrons. The molecule has 0 aromatic heterocycles. The van der Waals surface area contributed by atoms with Gasteiger partial charge in [-0.05, 0) is 48.0 Å². The number of hydrogen-bond donors (Lipinski definition) is 0. The Morgan fingerprint density at radius 2 is 1.85 bits per heavy atom. The van der Waals surface area contributed by atoms with Crippen LogP contribution in [0.25, 0.3) is 0 Å². The van der Waals surface area contributed by atoms with Crippen LogP contribution in [0.15, 0.2) is 0 Å². The van der Waals surface area contributed by atoms with Crippen LogP contribution in [0.4, 0.5) is 0 Å². The zero-order valence-corrected chi connectivity index (χ0v) is 13.9. The molecule has 1 saturated heterocycles. The van der Waals surface area contributed by atoms with Gasteiger partial charge in [-0.25, -0.2) is 0 Å². The highest BCUT2D eigenvalue weighted by molar-refractivity contribution is 7.98. The lowest BCUT2D eigenvalue weighted by Crippen LogP contribution is -2.57. The number of carbonyl (C=O) groups is 2. The van der Waals surface area contributed by atoms with Crippen LogP contribution in [0.2, 0.25) is 0 Å². The van der Waals surface area contributed by atoms with E-state index in [4.69, 9.17) is 4.74 Å². The normalized spacial score (nSPS) is 36.1. The van der Waals surface area contributed by atoms with Crippen molar-refractivity contribution in [1.82, 2.24) is 0 Å². The van der Waals surface area contributed by atoms with Gasteiger partial charge in [0, 0.05) is 0 Å². The van der Waals surface area contributed by atoms with E-state index < -0.39 is 0 Å². The molecule has 0 N–H and O–H groups in total. The molecule has 0 aromatic rings. The minimum atomic E-state index is -0.280. The maximum Gasteiger partial charge on any atom is 0.317 e. The predicted molar refractivity (Wildman–Crippen MR) is 81.2 cm³/mol. The Morgan fingerprint density at radius 1 is 1.20 bits per heavy atom. The summed E-state index contributed by atoms with van der Waals surface area (Å²) in [6.07, 6.45) is 2.99. The van der Waals surface area contributed by atoms with Crippen molar-refractivity contribution in [3.05, 3.63) is 0 Å². The topological polar surface area (TPSA) is 43.4 Å². The standard InChI is InChI=1S/C16H26O3S/c1-8(2)11-6-12-14(11)13(16(18)19-15(12)17)10(4)9(3)7-20-5/h8-14H,6-7H2,1-5H3. The molecule has 4 heteroatoms. The van der Waals surface area contributed by atoms with Crippen molar-refractivity contribution >= 4 is 23.7 Å². The van der Waals surface area contributed by atoms with Gasteiger partial charge in [0.15, 0.2) is 0 Å². The Morgan fingerprint density at radius 3 is 2.40 bits per heavy atom. The lowest BCUT2D eigenvalue weighted by Gasteiger charge is -2.52. The molecule has 20 heavy (non-hydrogen) atoms. The molecule has 2 aliphatic rings. The predicted octanol–water partition coefficient (Wildman–Crippen LogP) is 3.23. The van der Waals surface area contributed by atoms with Crippen LogP contribution >= 0.6 is 11.8 Å². The zero-order valence-electron chi connectivity index (χ0n) is 13.1. The summed E-state index contributed by atoms with van der Waals surface area (Å²) in [6, 6.07) is 0. The summed E-state index contributed by atoms with van der Waals surface area (Å²) in [5.74, 6) is 2.33. The summed E-state index contributed by atoms with van der Waals surface area (Å²) in [4.78, 5) is 24.1. The van der Waals surface area contributed by atoms with Crippen molar-refractivity contribution in [2.45, 2.75) is 34.1 Å². The van der Waals surface area contributed by atoms with E-state index in [-0.39, 0.29) is 35.6 Å². The number of fused-ring (bicyclic) bond motifs is 1. The lowest BCUT2D eigenvalue weighted by molar-refractivity contribution is -0.194. The highest BCUT2D eigenvalue weighted by atomic mass is 32.2. The maximum atomic E-state index is 12.3. The van der Waals surface area contributed by atoms with Gasteiger partial charge in [-0.2, -0.15) is 11.8 Å². The lowest BCUT2D eigenvalue weighted by atomic mass is 9.52. The van der Waals surface area contributed by atoms with E-state index in [2.05, 4.69) is 34.0 Å². The van der Waals surface area contributed by atoms with Gasteiger partial charge in [0.05, 0.1) is 11.8 Å². The molecule has 3 nitrogen and oxygen atoms in total. The number of hydrogen-bond acceptors (Lipinski definition) is 4. The second-order valence-corrected chi connectivity index (χ2v) is 7.80. The molecule has 2 fully saturated rings. The first-order valence-corrected chi connectivity index (χ1v) is 9.02. The molecule has 1 aliphatic heterocycles. The van der Waals surface area contributed by atoms with Gasteiger partial charge >= 0.3 is 11.9 Å². The zero-order chi connectivity index (χ0) is 15.0. The van der Waals surface area contributed by atoms with Crippen molar-refractivity contribution in [3.8, 4) is 0 Å². The van der Waals surface area contributed by atoms with Crippen LogP contribution in [0.3, 0.4) is 0 Å². The van der Waals surface area contributed by atoms with Crippen LogP contribution in [-0.4, -0.2) is 23.9 Å². The first-order valence-electron chi connectivity index (χ1n) is 7.62. The number of thioether (sulfide) groups is 1. The third-order valence-electron chi connectivity index (χ3n) is 5.43. The first kappa shape index (κ1) is 15.9. The van der Waals surface area contributed by atoms with E-state index in [0.717, 1.165) is 12.2 Å². The van der Waals surface area contributed by atoms with E-state index in [9.17, 15) is 9.59 Å². The summed E-state index contributed by atoms with van der Waals surface area (Å²) in [7, 11) is 0. The minimum Gasteiger partial charge on any atom is -0.393 e. The molecule has 0 amide bonds. The molecule has 0 radical (unpaired) electrons. The van der Waals surface area contributed by atoms with Crippen LogP contribution in [-0.2, 0) is 14.3 Å². The first-order chi connectivity index (χ1) is 9.38. The molecule has 2 rings (SSSR count). The summed E-state index contributed by atoms with van der Waals surface area (Å²) < 4.78 is 5.03. The number of carbonyl (C=O) groups excluding carboxylic acids is 2. The third kappa shape index (κ3) is 2.63. The van der Waals surface area contributed by atoms with Crippen LogP contribution < -0.4 is 0 Å². The molecular formula is C16H26O3S. The van der Waals surface area contributed by atoms with Crippen molar-refractivity contribution < 1.29 is 14.3 Å². The number of esters is 2. The maximum absolute atomic E-state index is 12.3. The molecule has 1 aliphatic carbocycles. The van der Waals surface area contributed by atoms with Gasteiger partial charge in [-0.15, -0.1) is 0 Å². The van der Waals surface area contributed by atoms with Crippen LogP contribution in [0.1, 0.15) is 34.1 Å².